The van der Waals surface area contributed by atoms with Gasteiger partial charge in [0, 0.05) is 67.0 Å². The molecule has 0 aliphatic heterocycles. The van der Waals surface area contributed by atoms with Crippen molar-refractivity contribution in [2.75, 3.05) is 11.9 Å². The van der Waals surface area contributed by atoms with Crippen LogP contribution < -0.4 is 21.1 Å². The molecule has 4 N–H and O–H groups in total. The van der Waals surface area contributed by atoms with E-state index in [1.54, 1.807) is 17.8 Å². The molecule has 2 aromatic heterocycles. The Hall–Kier alpha value is -3.43. The number of nitrogens with one attached hydrogen (secondary N) is 3. The second kappa shape index (κ2) is 11.5. The lowest BCUT2D eigenvalue weighted by Gasteiger charge is -2.37. The number of aliphatic hydroxyl groups is 1. The van der Waals surface area contributed by atoms with Crippen LogP contribution >= 0.6 is 0 Å². The van der Waals surface area contributed by atoms with E-state index in [1.807, 2.05) is 46.1 Å². The first kappa shape index (κ1) is 27.6. The maximum Gasteiger partial charge on any atom is 0.253 e. The topological polar surface area (TPSA) is 115 Å². The number of aryl methyl sites for hydroxylation is 3. The number of hydrogen-bond acceptors (Lipinski definition) is 6. The summed E-state index contributed by atoms with van der Waals surface area (Å²) in [5.41, 5.74) is 6.38. The fourth-order valence-corrected chi connectivity index (χ4v) is 5.57. The number of aliphatic hydroxyl groups excluding tert-OH is 1. The Morgan fingerprint density at radius 3 is 2.50 bits per heavy atom. The smallest absolute Gasteiger partial charge is 0.253 e. The molecule has 3 aromatic rings. The van der Waals surface area contributed by atoms with Crippen LogP contribution in [0.15, 0.2) is 35.4 Å². The molecular weight excluding hydrogens is 480 g/mol. The molecule has 1 fully saturated rings. The minimum Gasteiger partial charge on any atom is -0.379 e. The molecule has 1 aliphatic rings. The van der Waals surface area contributed by atoms with Gasteiger partial charge >= 0.3 is 0 Å². The largest absolute Gasteiger partial charge is 0.379 e. The van der Waals surface area contributed by atoms with Gasteiger partial charge in [0.15, 0.2) is 0 Å². The number of pyridine rings is 1. The zero-order valence-corrected chi connectivity index (χ0v) is 23.3. The molecule has 1 atom stereocenters. The number of aromatic nitrogens is 3. The van der Waals surface area contributed by atoms with Crippen molar-refractivity contribution < 1.29 is 9.90 Å². The number of hydrogen-bond donors (Lipinski definition) is 4. The third-order valence-corrected chi connectivity index (χ3v) is 7.68. The molecule has 38 heavy (non-hydrogen) atoms. The lowest BCUT2D eigenvalue weighted by Crippen LogP contribution is -2.43. The first-order valence-corrected chi connectivity index (χ1v) is 13.3. The number of carbonyl (C=O) groups is 1. The maximum atomic E-state index is 13.5. The fourth-order valence-electron chi connectivity index (χ4n) is 5.57. The van der Waals surface area contributed by atoms with Crippen molar-refractivity contribution >= 4 is 11.6 Å². The predicted molar refractivity (Wildman–Crippen MR) is 150 cm³/mol. The Bertz CT molecular complexity index is 1350. The molecular formula is C29H40N6O3. The normalized spacial score (nSPS) is 18.3. The lowest BCUT2D eigenvalue weighted by atomic mass is 9.89. The predicted octanol–water partition coefficient (Wildman–Crippen LogP) is 3.31. The number of carbonyl (C=O) groups excluding carboxylic acids is 1. The molecule has 1 unspecified atom stereocenters. The van der Waals surface area contributed by atoms with Crippen LogP contribution in [0.1, 0.15) is 65.3 Å². The third kappa shape index (κ3) is 6.16. The summed E-state index contributed by atoms with van der Waals surface area (Å²) in [5, 5.41) is 20.2. The van der Waals surface area contributed by atoms with Gasteiger partial charge in [-0.3, -0.25) is 19.6 Å². The second-order valence-corrected chi connectivity index (χ2v) is 10.7. The van der Waals surface area contributed by atoms with Gasteiger partial charge < -0.3 is 20.3 Å². The van der Waals surface area contributed by atoms with Crippen molar-refractivity contribution in [1.29, 1.82) is 0 Å². The van der Waals surface area contributed by atoms with Gasteiger partial charge in [-0.05, 0) is 88.3 Å². The number of benzene rings is 1. The van der Waals surface area contributed by atoms with Crippen molar-refractivity contribution in [3.8, 4) is 11.1 Å². The van der Waals surface area contributed by atoms with Crippen molar-refractivity contribution in [3.63, 3.8) is 0 Å². The van der Waals surface area contributed by atoms with E-state index in [4.69, 9.17) is 0 Å². The number of nitrogens with zero attached hydrogens (tertiary/aromatic N) is 3. The monoisotopic (exact) mass is 520 g/mol. The van der Waals surface area contributed by atoms with E-state index >= 15 is 0 Å². The Labute approximate surface area is 224 Å². The summed E-state index contributed by atoms with van der Waals surface area (Å²) >= 11 is 0. The third-order valence-electron chi connectivity index (χ3n) is 7.68. The molecule has 0 saturated heterocycles. The molecule has 204 valence electrons. The highest BCUT2D eigenvalue weighted by molar-refractivity contribution is 5.98. The average molecular weight is 521 g/mol. The highest BCUT2D eigenvalue weighted by atomic mass is 16.3. The van der Waals surface area contributed by atoms with Crippen molar-refractivity contribution in [2.45, 2.75) is 78.2 Å². The van der Waals surface area contributed by atoms with E-state index in [1.165, 1.54) is 0 Å². The zero-order valence-electron chi connectivity index (χ0n) is 23.3. The van der Waals surface area contributed by atoms with Crippen LogP contribution in [-0.2, 0) is 13.6 Å². The Morgan fingerprint density at radius 1 is 1.18 bits per heavy atom. The quantitative estimate of drug-likeness (QED) is 0.339. The molecule has 1 saturated carbocycles. The second-order valence-electron chi connectivity index (χ2n) is 10.7. The first-order valence-electron chi connectivity index (χ1n) is 13.3. The van der Waals surface area contributed by atoms with Crippen LogP contribution in [0.2, 0.25) is 0 Å². The van der Waals surface area contributed by atoms with Crippen LogP contribution in [0.5, 0.6) is 0 Å². The van der Waals surface area contributed by atoms with Crippen molar-refractivity contribution in [1.82, 2.24) is 25.4 Å². The van der Waals surface area contributed by atoms with Crippen LogP contribution in [0.25, 0.3) is 11.1 Å². The summed E-state index contributed by atoms with van der Waals surface area (Å²) in [6.45, 7) is 7.63. The van der Waals surface area contributed by atoms with Crippen molar-refractivity contribution in [3.05, 3.63) is 68.9 Å². The number of amides is 1. The van der Waals surface area contributed by atoms with Crippen LogP contribution in [0.3, 0.4) is 0 Å². The van der Waals surface area contributed by atoms with Gasteiger partial charge in [-0.2, -0.15) is 5.10 Å². The highest BCUT2D eigenvalue weighted by Gasteiger charge is 2.27. The van der Waals surface area contributed by atoms with Crippen LogP contribution in [-0.4, -0.2) is 51.1 Å². The summed E-state index contributed by atoms with van der Waals surface area (Å²) in [5.74, 6) is -0.216. The molecule has 0 bridgehead atoms. The molecule has 0 spiro atoms. The van der Waals surface area contributed by atoms with Gasteiger partial charge in [0.05, 0.1) is 6.20 Å². The van der Waals surface area contributed by atoms with Gasteiger partial charge in [0.25, 0.3) is 11.5 Å². The van der Waals surface area contributed by atoms with Crippen molar-refractivity contribution in [2.24, 2.45) is 7.05 Å². The zero-order chi connectivity index (χ0) is 27.6. The van der Waals surface area contributed by atoms with E-state index in [0.29, 0.717) is 23.2 Å². The Morgan fingerprint density at radius 2 is 1.89 bits per heavy atom. The summed E-state index contributed by atoms with van der Waals surface area (Å²) in [7, 11) is 3.97. The van der Waals surface area contributed by atoms with Gasteiger partial charge in [-0.25, -0.2) is 0 Å². The highest BCUT2D eigenvalue weighted by Crippen LogP contribution is 2.34. The SMILES string of the molecule is Cc1cc(C)c(CNC(=O)c2cc(-c3cnn(C)c3)cc(N(C)C3CCC(NC(C)O)CC3)c2C)c(=O)[nH]1. The van der Waals surface area contributed by atoms with Gasteiger partial charge in [-0.1, -0.05) is 0 Å². The molecule has 0 radical (unpaired) electrons. The minimum atomic E-state index is -0.506. The van der Waals surface area contributed by atoms with Gasteiger partial charge in [-0.15, -0.1) is 0 Å². The Kier molecular flexibility index (Phi) is 8.38. The summed E-state index contributed by atoms with van der Waals surface area (Å²) in [6, 6.07) is 6.61. The minimum absolute atomic E-state index is 0.155. The van der Waals surface area contributed by atoms with E-state index in [0.717, 1.165) is 59.3 Å². The molecule has 1 aliphatic carbocycles. The number of H-pyrrole nitrogens is 1. The molecule has 9 heteroatoms. The molecule has 9 nitrogen and oxygen atoms in total. The lowest BCUT2D eigenvalue weighted by molar-refractivity contribution is 0.0950. The number of rotatable bonds is 8. The van der Waals surface area contributed by atoms with Crippen LogP contribution in [0.4, 0.5) is 5.69 Å². The maximum absolute atomic E-state index is 13.5. The van der Waals surface area contributed by atoms with E-state index in [2.05, 4.69) is 38.7 Å². The Balaban J connectivity index is 1.62. The molecule has 1 amide bonds. The van der Waals surface area contributed by atoms with Gasteiger partial charge in [0.2, 0.25) is 0 Å². The summed E-state index contributed by atoms with van der Waals surface area (Å²) in [4.78, 5) is 31.1. The number of anilines is 1. The van der Waals surface area contributed by atoms with E-state index in [-0.39, 0.29) is 18.0 Å². The fraction of sp³-hybridized carbons (Fsp3) is 0.483. The first-order chi connectivity index (χ1) is 18.0. The van der Waals surface area contributed by atoms with E-state index < -0.39 is 6.23 Å². The molecule has 1 aromatic carbocycles. The van der Waals surface area contributed by atoms with E-state index in [9.17, 15) is 14.7 Å². The summed E-state index contributed by atoms with van der Waals surface area (Å²) in [6.07, 6.45) is 7.20. The average Bonchev–Trinajstić information content (AvgIpc) is 3.29. The summed E-state index contributed by atoms with van der Waals surface area (Å²) < 4.78 is 1.75. The molecule has 2 heterocycles. The molecule has 4 rings (SSSR count). The van der Waals surface area contributed by atoms with Gasteiger partial charge in [0.1, 0.15) is 6.23 Å². The number of aromatic amines is 1. The standard InChI is InChI=1S/C29H40N6O3/c1-17-11-18(2)32-29(38)26(17)15-30-28(37)25-12-21(22-14-31-34(5)16-22)13-27(19(25)3)35(6)24-9-7-23(8-10-24)33-20(4)36/h11-14,16,20,23-24,33,36H,7-10,15H2,1-6H3,(H,30,37)(H,32,38). The van der Waals surface area contributed by atoms with Crippen LogP contribution in [0, 0.1) is 20.8 Å².